The zero-order valence-corrected chi connectivity index (χ0v) is 8.79. The Bertz CT molecular complexity index is 280. The standard InChI is InChI=1S/C11H17NO3/c13-9(14)7-11(5-2-6-11)12-10(15)8-3-1-4-8/h8H,1-7H2,(H,12,15)(H,13,14). The van der Waals surface area contributed by atoms with Gasteiger partial charge in [-0.15, -0.1) is 0 Å². The van der Waals surface area contributed by atoms with Crippen molar-refractivity contribution in [1.82, 2.24) is 5.32 Å². The minimum atomic E-state index is -0.816. The van der Waals surface area contributed by atoms with E-state index in [1.165, 1.54) is 0 Å². The van der Waals surface area contributed by atoms with Crippen molar-refractivity contribution in [2.24, 2.45) is 5.92 Å². The highest BCUT2D eigenvalue weighted by Crippen LogP contribution is 2.36. The first kappa shape index (κ1) is 10.5. The van der Waals surface area contributed by atoms with Crippen molar-refractivity contribution in [2.45, 2.75) is 50.5 Å². The number of carbonyl (C=O) groups is 2. The predicted molar refractivity (Wildman–Crippen MR) is 54.3 cm³/mol. The average Bonchev–Trinajstić information content (AvgIpc) is 1.95. The lowest BCUT2D eigenvalue weighted by atomic mass is 9.73. The van der Waals surface area contributed by atoms with Crippen LogP contribution in [0.15, 0.2) is 0 Å². The molecule has 0 radical (unpaired) electrons. The maximum atomic E-state index is 11.7. The molecular formula is C11H17NO3. The van der Waals surface area contributed by atoms with Crippen LogP contribution < -0.4 is 5.32 Å². The van der Waals surface area contributed by atoms with Crippen LogP contribution in [0.3, 0.4) is 0 Å². The van der Waals surface area contributed by atoms with Gasteiger partial charge in [-0.25, -0.2) is 0 Å². The van der Waals surface area contributed by atoms with Crippen molar-refractivity contribution in [3.05, 3.63) is 0 Å². The Kier molecular flexibility index (Phi) is 2.67. The molecule has 4 nitrogen and oxygen atoms in total. The van der Waals surface area contributed by atoms with Gasteiger partial charge in [0, 0.05) is 5.92 Å². The van der Waals surface area contributed by atoms with Crippen molar-refractivity contribution in [3.63, 3.8) is 0 Å². The van der Waals surface area contributed by atoms with Crippen LogP contribution in [0.2, 0.25) is 0 Å². The van der Waals surface area contributed by atoms with Crippen LogP contribution in [-0.2, 0) is 9.59 Å². The third-order valence-corrected chi connectivity index (χ3v) is 3.66. The summed E-state index contributed by atoms with van der Waals surface area (Å²) in [5.41, 5.74) is -0.418. The molecule has 0 bridgehead atoms. The lowest BCUT2D eigenvalue weighted by molar-refractivity contribution is -0.141. The molecule has 0 aliphatic heterocycles. The van der Waals surface area contributed by atoms with Crippen LogP contribution in [0.25, 0.3) is 0 Å². The number of hydrogen-bond donors (Lipinski definition) is 2. The molecule has 0 aromatic carbocycles. The van der Waals surface area contributed by atoms with E-state index in [4.69, 9.17) is 5.11 Å². The van der Waals surface area contributed by atoms with Gasteiger partial charge < -0.3 is 10.4 Å². The summed E-state index contributed by atoms with van der Waals surface area (Å²) in [6.07, 6.45) is 5.80. The van der Waals surface area contributed by atoms with Gasteiger partial charge in [0.2, 0.25) is 5.91 Å². The summed E-state index contributed by atoms with van der Waals surface area (Å²) in [4.78, 5) is 22.4. The molecule has 2 N–H and O–H groups in total. The minimum Gasteiger partial charge on any atom is -0.481 e. The lowest BCUT2D eigenvalue weighted by Gasteiger charge is -2.43. The largest absolute Gasteiger partial charge is 0.481 e. The van der Waals surface area contributed by atoms with Crippen molar-refractivity contribution in [3.8, 4) is 0 Å². The van der Waals surface area contributed by atoms with E-state index in [2.05, 4.69) is 5.32 Å². The number of nitrogens with one attached hydrogen (secondary N) is 1. The summed E-state index contributed by atoms with van der Waals surface area (Å²) in [7, 11) is 0. The molecule has 2 fully saturated rings. The maximum Gasteiger partial charge on any atom is 0.305 e. The molecule has 0 atom stereocenters. The van der Waals surface area contributed by atoms with Gasteiger partial charge in [-0.1, -0.05) is 6.42 Å². The molecule has 84 valence electrons. The summed E-state index contributed by atoms with van der Waals surface area (Å²) >= 11 is 0. The SMILES string of the molecule is O=C(O)CC1(NC(=O)C2CCC2)CCC1. The molecule has 0 saturated heterocycles. The van der Waals surface area contributed by atoms with Crippen LogP contribution in [0, 0.1) is 5.92 Å². The van der Waals surface area contributed by atoms with E-state index in [9.17, 15) is 9.59 Å². The Morgan fingerprint density at radius 1 is 1.27 bits per heavy atom. The number of aliphatic carboxylic acids is 1. The van der Waals surface area contributed by atoms with Gasteiger partial charge in [0.15, 0.2) is 0 Å². The van der Waals surface area contributed by atoms with Gasteiger partial charge in [0.1, 0.15) is 0 Å². The van der Waals surface area contributed by atoms with Crippen LogP contribution in [0.1, 0.15) is 44.9 Å². The van der Waals surface area contributed by atoms with Crippen LogP contribution in [0.5, 0.6) is 0 Å². The molecule has 1 amide bonds. The van der Waals surface area contributed by atoms with E-state index in [0.29, 0.717) is 0 Å². The van der Waals surface area contributed by atoms with E-state index in [1.807, 2.05) is 0 Å². The molecule has 2 rings (SSSR count). The summed E-state index contributed by atoms with van der Waals surface area (Å²) in [5.74, 6) is -0.595. The fourth-order valence-corrected chi connectivity index (χ4v) is 2.27. The summed E-state index contributed by atoms with van der Waals surface area (Å²) < 4.78 is 0. The van der Waals surface area contributed by atoms with Crippen LogP contribution >= 0.6 is 0 Å². The Hall–Kier alpha value is -1.06. The summed E-state index contributed by atoms with van der Waals surface area (Å²) in [5, 5.41) is 11.7. The smallest absolute Gasteiger partial charge is 0.305 e. The van der Waals surface area contributed by atoms with Gasteiger partial charge in [-0.05, 0) is 32.1 Å². The molecule has 2 aliphatic carbocycles. The number of rotatable bonds is 4. The highest BCUT2D eigenvalue weighted by atomic mass is 16.4. The molecule has 4 heteroatoms. The number of hydrogen-bond acceptors (Lipinski definition) is 2. The monoisotopic (exact) mass is 211 g/mol. The Morgan fingerprint density at radius 2 is 1.93 bits per heavy atom. The van der Waals surface area contributed by atoms with E-state index in [0.717, 1.165) is 38.5 Å². The van der Waals surface area contributed by atoms with E-state index in [-0.39, 0.29) is 18.2 Å². The van der Waals surface area contributed by atoms with Crippen molar-refractivity contribution in [1.29, 1.82) is 0 Å². The lowest BCUT2D eigenvalue weighted by Crippen LogP contribution is -2.56. The Morgan fingerprint density at radius 3 is 2.27 bits per heavy atom. The molecule has 2 aliphatic rings. The first-order chi connectivity index (χ1) is 7.11. The fourth-order valence-electron chi connectivity index (χ4n) is 2.27. The fraction of sp³-hybridized carbons (Fsp3) is 0.818. The minimum absolute atomic E-state index is 0.0715. The van der Waals surface area contributed by atoms with Gasteiger partial charge in [-0.3, -0.25) is 9.59 Å². The van der Waals surface area contributed by atoms with Gasteiger partial charge in [0.25, 0.3) is 0 Å². The average molecular weight is 211 g/mol. The van der Waals surface area contributed by atoms with Gasteiger partial charge in [0.05, 0.1) is 12.0 Å². The van der Waals surface area contributed by atoms with Crippen molar-refractivity contribution >= 4 is 11.9 Å². The van der Waals surface area contributed by atoms with E-state index >= 15 is 0 Å². The molecule has 15 heavy (non-hydrogen) atoms. The maximum absolute atomic E-state index is 11.7. The Labute approximate surface area is 89.0 Å². The second-order valence-corrected chi connectivity index (χ2v) is 4.82. The van der Waals surface area contributed by atoms with E-state index < -0.39 is 11.5 Å². The van der Waals surface area contributed by atoms with Crippen LogP contribution in [-0.4, -0.2) is 22.5 Å². The number of amides is 1. The highest BCUT2D eigenvalue weighted by molar-refractivity contribution is 5.81. The quantitative estimate of drug-likeness (QED) is 0.736. The first-order valence-electron chi connectivity index (χ1n) is 5.65. The molecule has 0 heterocycles. The third kappa shape index (κ3) is 2.13. The zero-order chi connectivity index (χ0) is 10.9. The second-order valence-electron chi connectivity index (χ2n) is 4.82. The second kappa shape index (κ2) is 3.83. The zero-order valence-electron chi connectivity index (χ0n) is 8.79. The van der Waals surface area contributed by atoms with Gasteiger partial charge >= 0.3 is 5.97 Å². The first-order valence-corrected chi connectivity index (χ1v) is 5.65. The van der Waals surface area contributed by atoms with Crippen molar-refractivity contribution in [2.75, 3.05) is 0 Å². The normalized spacial score (nSPS) is 23.7. The predicted octanol–water partition coefficient (Wildman–Crippen LogP) is 1.30. The molecule has 0 unspecified atom stereocenters. The highest BCUT2D eigenvalue weighted by Gasteiger charge is 2.41. The molecule has 2 saturated carbocycles. The van der Waals surface area contributed by atoms with Crippen LogP contribution in [0.4, 0.5) is 0 Å². The molecule has 0 aromatic heterocycles. The summed E-state index contributed by atoms with van der Waals surface area (Å²) in [6.45, 7) is 0. The van der Waals surface area contributed by atoms with E-state index in [1.54, 1.807) is 0 Å². The Balaban J connectivity index is 1.89. The topological polar surface area (TPSA) is 66.4 Å². The number of carboxylic acids is 1. The third-order valence-electron chi connectivity index (χ3n) is 3.66. The summed E-state index contributed by atoms with van der Waals surface area (Å²) in [6, 6.07) is 0. The number of carbonyl (C=O) groups excluding carboxylic acids is 1. The number of carboxylic acid groups (broad SMARTS) is 1. The molecule has 0 spiro atoms. The molecule has 0 aromatic rings. The molecular weight excluding hydrogens is 194 g/mol. The van der Waals surface area contributed by atoms with Crippen molar-refractivity contribution < 1.29 is 14.7 Å². The van der Waals surface area contributed by atoms with Gasteiger partial charge in [-0.2, -0.15) is 0 Å².